The first-order chi connectivity index (χ1) is 9.31. The van der Waals surface area contributed by atoms with Crippen LogP contribution in [-0.4, -0.2) is 65.6 Å². The summed E-state index contributed by atoms with van der Waals surface area (Å²) in [5.74, 6) is 1.72. The first kappa shape index (κ1) is 17.7. The number of rotatable bonds is 6. The van der Waals surface area contributed by atoms with Crippen LogP contribution < -0.4 is 9.47 Å². The van der Waals surface area contributed by atoms with E-state index in [1.165, 1.54) is 0 Å². The van der Waals surface area contributed by atoms with E-state index in [9.17, 15) is 0 Å². The van der Waals surface area contributed by atoms with Crippen molar-refractivity contribution in [2.24, 2.45) is 0 Å². The molecule has 0 atom stereocenters. The maximum atomic E-state index is 5.67. The maximum Gasteiger partial charge on any atom is 0.118 e. The molecule has 0 heterocycles. The van der Waals surface area contributed by atoms with Crippen molar-refractivity contribution in [2.75, 3.05) is 14.2 Å². The summed E-state index contributed by atoms with van der Waals surface area (Å²) in [6, 6.07) is 15.8. The fourth-order valence-corrected chi connectivity index (χ4v) is 1.73. The summed E-state index contributed by atoms with van der Waals surface area (Å²) in [7, 11) is 3.32. The third kappa shape index (κ3) is 5.56. The molecule has 3 nitrogen and oxygen atoms in total. The van der Waals surface area contributed by atoms with Crippen molar-refractivity contribution >= 4 is 51.4 Å². The van der Waals surface area contributed by atoms with Gasteiger partial charge in [-0.15, -0.1) is 0 Å². The quantitative estimate of drug-likeness (QED) is 0.767. The zero-order valence-corrected chi connectivity index (χ0v) is 15.4. The Morgan fingerprint density at radius 2 is 1.00 bits per heavy atom. The second-order valence-corrected chi connectivity index (χ2v) is 4.19. The van der Waals surface area contributed by atoms with Gasteiger partial charge in [-0.05, 0) is 35.4 Å². The van der Waals surface area contributed by atoms with E-state index < -0.39 is 0 Å². The molecule has 0 amide bonds. The van der Waals surface area contributed by atoms with Crippen LogP contribution in [0.3, 0.4) is 0 Å². The average molecular weight is 297 g/mol. The molecule has 2 aromatic carbocycles. The second kappa shape index (κ2) is 9.55. The van der Waals surface area contributed by atoms with Crippen molar-refractivity contribution in [1.82, 2.24) is 0 Å². The van der Waals surface area contributed by atoms with Gasteiger partial charge < -0.3 is 14.2 Å². The first-order valence-corrected chi connectivity index (χ1v) is 6.15. The maximum absolute atomic E-state index is 5.67. The Morgan fingerprint density at radius 1 is 0.650 bits per heavy atom. The van der Waals surface area contributed by atoms with Gasteiger partial charge >= 0.3 is 0 Å². The smallest absolute Gasteiger partial charge is 0.118 e. The molecule has 0 fully saturated rings. The Hall–Kier alpha value is -0.364. The van der Waals surface area contributed by atoms with E-state index in [-0.39, 0.29) is 51.4 Å². The van der Waals surface area contributed by atoms with Gasteiger partial charge in [-0.25, -0.2) is 0 Å². The fourth-order valence-electron chi connectivity index (χ4n) is 1.73. The predicted octanol–water partition coefficient (Wildman–Crippen LogP) is 3.04. The topological polar surface area (TPSA) is 27.7 Å². The van der Waals surface area contributed by atoms with Crippen molar-refractivity contribution in [3.05, 3.63) is 59.7 Å². The summed E-state index contributed by atoms with van der Waals surface area (Å²) in [4.78, 5) is 0. The molecule has 0 aromatic heterocycles. The fraction of sp³-hybridized carbons (Fsp3) is 0.250. The van der Waals surface area contributed by atoms with Gasteiger partial charge in [0.15, 0.2) is 0 Å². The Labute approximate surface area is 162 Å². The third-order valence-electron chi connectivity index (χ3n) is 2.86. The summed E-state index contributed by atoms with van der Waals surface area (Å²) in [6.45, 7) is 1.19. The average Bonchev–Trinajstić information content (AvgIpc) is 2.49. The van der Waals surface area contributed by atoms with Gasteiger partial charge in [0.1, 0.15) is 11.5 Å². The van der Waals surface area contributed by atoms with E-state index in [2.05, 4.69) is 0 Å². The largest absolute Gasteiger partial charge is 0.497 e. The van der Waals surface area contributed by atoms with Crippen molar-refractivity contribution in [3.63, 3.8) is 0 Å². The Morgan fingerprint density at radius 3 is 1.30 bits per heavy atom. The second-order valence-electron chi connectivity index (χ2n) is 4.19. The van der Waals surface area contributed by atoms with E-state index in [1.807, 2.05) is 48.5 Å². The van der Waals surface area contributed by atoms with Gasteiger partial charge in [0.25, 0.3) is 0 Å². The van der Waals surface area contributed by atoms with Gasteiger partial charge in [-0.3, -0.25) is 0 Å². The van der Waals surface area contributed by atoms with Crippen LogP contribution in [0.4, 0.5) is 0 Å². The van der Waals surface area contributed by atoms with E-state index in [1.54, 1.807) is 14.2 Å². The molecule has 0 aliphatic heterocycles. The first-order valence-electron chi connectivity index (χ1n) is 6.15. The number of hydrogen-bond acceptors (Lipinski definition) is 3. The molecule has 4 heteroatoms. The molecule has 0 unspecified atom stereocenters. The summed E-state index contributed by atoms with van der Waals surface area (Å²) in [6.07, 6.45) is 0. The Kier molecular flexibility index (Phi) is 8.45. The Bertz CT molecular complexity index is 447. The van der Waals surface area contributed by atoms with Crippen molar-refractivity contribution in [2.45, 2.75) is 13.2 Å². The van der Waals surface area contributed by atoms with Crippen LogP contribution in [0.5, 0.6) is 11.5 Å². The zero-order valence-electron chi connectivity index (χ0n) is 12.3. The molecule has 20 heavy (non-hydrogen) atoms. The van der Waals surface area contributed by atoms with Crippen LogP contribution in [0.15, 0.2) is 48.5 Å². The van der Waals surface area contributed by atoms with Crippen molar-refractivity contribution in [1.29, 1.82) is 0 Å². The van der Waals surface area contributed by atoms with Gasteiger partial charge in [0.05, 0.1) is 27.4 Å². The van der Waals surface area contributed by atoms with Crippen molar-refractivity contribution < 1.29 is 14.2 Å². The SMILES string of the molecule is COc1ccc(COCc2ccc(OC)cc2)cc1.[K]. The molecule has 1 radical (unpaired) electrons. The van der Waals surface area contributed by atoms with Crippen LogP contribution >= 0.6 is 0 Å². The van der Waals surface area contributed by atoms with Crippen LogP contribution in [-0.2, 0) is 18.0 Å². The third-order valence-corrected chi connectivity index (χ3v) is 2.86. The van der Waals surface area contributed by atoms with Gasteiger partial charge in [0.2, 0.25) is 0 Å². The molecule has 0 bridgehead atoms. The molecule has 2 aromatic rings. The number of ether oxygens (including phenoxy) is 3. The van der Waals surface area contributed by atoms with Crippen LogP contribution in [0, 0.1) is 0 Å². The molecule has 101 valence electrons. The van der Waals surface area contributed by atoms with Crippen molar-refractivity contribution in [3.8, 4) is 11.5 Å². The molecule has 0 spiro atoms. The predicted molar refractivity (Wildman–Crippen MR) is 80.2 cm³/mol. The molecule has 0 aliphatic carbocycles. The van der Waals surface area contributed by atoms with Gasteiger partial charge in [0, 0.05) is 51.4 Å². The standard InChI is InChI=1S/C16H18O3.K/c1-17-15-7-3-13(4-8-15)11-19-12-14-5-9-16(18-2)10-6-14;/h3-10H,11-12H2,1-2H3;. The molecule has 0 N–H and O–H groups in total. The molecule has 2 rings (SSSR count). The minimum absolute atomic E-state index is 0. The van der Waals surface area contributed by atoms with Gasteiger partial charge in [-0.1, -0.05) is 24.3 Å². The molecule has 0 saturated carbocycles. The van der Waals surface area contributed by atoms with Crippen LogP contribution in [0.2, 0.25) is 0 Å². The van der Waals surface area contributed by atoms with Crippen LogP contribution in [0.1, 0.15) is 11.1 Å². The van der Waals surface area contributed by atoms with Crippen LogP contribution in [0.25, 0.3) is 0 Å². The van der Waals surface area contributed by atoms with E-state index in [0.29, 0.717) is 13.2 Å². The number of benzene rings is 2. The summed E-state index contributed by atoms with van der Waals surface area (Å²) in [5, 5.41) is 0. The van der Waals surface area contributed by atoms with Gasteiger partial charge in [-0.2, -0.15) is 0 Å². The molecular weight excluding hydrogens is 279 g/mol. The molecule has 0 aliphatic rings. The zero-order chi connectivity index (χ0) is 13.5. The number of hydrogen-bond donors (Lipinski definition) is 0. The minimum atomic E-state index is 0. The van der Waals surface area contributed by atoms with E-state index >= 15 is 0 Å². The van der Waals surface area contributed by atoms with E-state index in [4.69, 9.17) is 14.2 Å². The minimum Gasteiger partial charge on any atom is -0.497 e. The monoisotopic (exact) mass is 297 g/mol. The number of methoxy groups -OCH3 is 2. The molecule has 0 saturated heterocycles. The van der Waals surface area contributed by atoms with E-state index in [0.717, 1.165) is 22.6 Å². The normalized spacial score (nSPS) is 9.70. The summed E-state index contributed by atoms with van der Waals surface area (Å²) in [5.41, 5.74) is 2.27. The Balaban J connectivity index is 0.00000200. The molecular formula is C16H18KO3. The summed E-state index contributed by atoms with van der Waals surface area (Å²) >= 11 is 0. The summed E-state index contributed by atoms with van der Waals surface area (Å²) < 4.78 is 15.9.